The highest BCUT2D eigenvalue weighted by Gasteiger charge is 2.61. The van der Waals surface area contributed by atoms with Gasteiger partial charge in [-0.2, -0.15) is 0 Å². The monoisotopic (exact) mass is 605 g/mol. The fourth-order valence-electron chi connectivity index (χ4n) is 10.7. The Morgan fingerprint density at radius 2 is 0.872 bits per heavy atom. The Bertz CT molecular complexity index is 2050. The smallest absolute Gasteiger partial charge is 0.0462 e. The lowest BCUT2D eigenvalue weighted by atomic mass is 9.43. The molecule has 6 aromatic rings. The van der Waals surface area contributed by atoms with Gasteiger partial charge >= 0.3 is 0 Å². The highest BCUT2D eigenvalue weighted by Crippen LogP contribution is 2.70. The molecule has 0 atom stereocenters. The van der Waals surface area contributed by atoms with Gasteiger partial charge < -0.3 is 4.90 Å². The van der Waals surface area contributed by atoms with Crippen LogP contribution in [0.2, 0.25) is 0 Å². The van der Waals surface area contributed by atoms with Crippen molar-refractivity contribution < 1.29 is 0 Å². The Morgan fingerprint density at radius 1 is 0.383 bits per heavy atom. The fraction of sp³-hybridized carbons (Fsp3) is 0.217. The maximum absolute atomic E-state index is 2.51. The molecule has 6 aromatic carbocycles. The van der Waals surface area contributed by atoms with Crippen LogP contribution in [0.1, 0.15) is 43.2 Å². The average Bonchev–Trinajstić information content (AvgIpc) is 3.43. The lowest BCUT2D eigenvalue weighted by molar-refractivity contribution is -0.0399. The van der Waals surface area contributed by atoms with Gasteiger partial charge in [-0.25, -0.2) is 0 Å². The molecule has 5 aliphatic carbocycles. The van der Waals surface area contributed by atoms with Crippen LogP contribution in [0.4, 0.5) is 17.1 Å². The number of fused-ring (bicyclic) bond motifs is 3. The second-order valence-corrected chi connectivity index (χ2v) is 14.6. The van der Waals surface area contributed by atoms with Crippen LogP contribution in [0, 0.1) is 23.7 Å². The lowest BCUT2D eigenvalue weighted by Crippen LogP contribution is -2.55. The molecule has 4 fully saturated rings. The fourth-order valence-corrected chi connectivity index (χ4v) is 10.7. The van der Waals surface area contributed by atoms with Crippen LogP contribution in [0.15, 0.2) is 152 Å². The summed E-state index contributed by atoms with van der Waals surface area (Å²) in [5.74, 6) is 3.48. The predicted octanol–water partition coefficient (Wildman–Crippen LogP) is 12.2. The summed E-state index contributed by atoms with van der Waals surface area (Å²) in [5, 5.41) is 0. The summed E-state index contributed by atoms with van der Waals surface area (Å²) in [6.07, 6.45) is 7.16. The van der Waals surface area contributed by atoms with Crippen LogP contribution in [-0.4, -0.2) is 0 Å². The van der Waals surface area contributed by atoms with Gasteiger partial charge in [0.15, 0.2) is 0 Å². The second kappa shape index (κ2) is 10.6. The van der Waals surface area contributed by atoms with Crippen molar-refractivity contribution in [1.82, 2.24) is 0 Å². The molecule has 0 heterocycles. The number of rotatable bonds is 5. The third-order valence-electron chi connectivity index (χ3n) is 12.3. The first kappa shape index (κ1) is 27.3. The maximum atomic E-state index is 2.51. The van der Waals surface area contributed by atoms with Gasteiger partial charge in [-0.3, -0.25) is 0 Å². The molecule has 0 radical (unpaired) electrons. The third-order valence-corrected chi connectivity index (χ3v) is 12.3. The Balaban J connectivity index is 1.06. The van der Waals surface area contributed by atoms with E-state index in [9.17, 15) is 0 Å². The molecule has 11 rings (SSSR count). The molecule has 4 bridgehead atoms. The Hall–Kier alpha value is -4.88. The van der Waals surface area contributed by atoms with Crippen LogP contribution < -0.4 is 4.90 Å². The first-order valence-corrected chi connectivity index (χ1v) is 17.6. The molecule has 0 aromatic heterocycles. The van der Waals surface area contributed by atoms with Crippen molar-refractivity contribution in [2.45, 2.75) is 37.5 Å². The van der Waals surface area contributed by atoms with Crippen LogP contribution in [0.3, 0.4) is 0 Å². The molecular weight excluding hydrogens is 567 g/mol. The first-order valence-electron chi connectivity index (χ1n) is 17.6. The number of nitrogens with zero attached hydrogens (tertiary/aromatic N) is 1. The zero-order valence-electron chi connectivity index (χ0n) is 26.7. The average molecular weight is 606 g/mol. The highest BCUT2D eigenvalue weighted by atomic mass is 15.1. The summed E-state index contributed by atoms with van der Waals surface area (Å²) in [4.78, 5) is 2.37. The minimum Gasteiger partial charge on any atom is -0.311 e. The lowest BCUT2D eigenvalue weighted by Gasteiger charge is -2.61. The zero-order chi connectivity index (χ0) is 31.0. The van der Waals surface area contributed by atoms with E-state index in [0.717, 1.165) is 40.7 Å². The molecule has 4 saturated carbocycles. The molecular formula is C46H39N. The summed E-state index contributed by atoms with van der Waals surface area (Å²) in [5.41, 5.74) is 15.1. The van der Waals surface area contributed by atoms with Crippen LogP contribution in [-0.2, 0) is 5.41 Å². The summed E-state index contributed by atoms with van der Waals surface area (Å²) < 4.78 is 0. The molecule has 0 N–H and O–H groups in total. The highest BCUT2D eigenvalue weighted by molar-refractivity contribution is 5.93. The summed E-state index contributed by atoms with van der Waals surface area (Å²) in [6, 6.07) is 56.4. The molecule has 1 heteroatoms. The molecule has 1 spiro atoms. The van der Waals surface area contributed by atoms with Gasteiger partial charge in [0, 0.05) is 22.5 Å². The van der Waals surface area contributed by atoms with Crippen molar-refractivity contribution in [2.75, 3.05) is 4.90 Å². The minimum absolute atomic E-state index is 0.200. The molecule has 5 aliphatic rings. The van der Waals surface area contributed by atoms with Gasteiger partial charge in [-0.15, -0.1) is 0 Å². The number of hydrogen-bond donors (Lipinski definition) is 0. The van der Waals surface area contributed by atoms with Crippen LogP contribution >= 0.6 is 0 Å². The van der Waals surface area contributed by atoms with E-state index in [2.05, 4.69) is 157 Å². The summed E-state index contributed by atoms with van der Waals surface area (Å²) in [7, 11) is 0. The Labute approximate surface area is 278 Å². The van der Waals surface area contributed by atoms with Gasteiger partial charge in [0.05, 0.1) is 0 Å². The first-order chi connectivity index (χ1) is 23.3. The van der Waals surface area contributed by atoms with Crippen molar-refractivity contribution >= 4 is 17.1 Å². The molecule has 0 amide bonds. The van der Waals surface area contributed by atoms with E-state index < -0.39 is 0 Å². The number of benzene rings is 6. The van der Waals surface area contributed by atoms with Gasteiger partial charge in [0.25, 0.3) is 0 Å². The van der Waals surface area contributed by atoms with Crippen molar-refractivity contribution in [3.8, 4) is 33.4 Å². The van der Waals surface area contributed by atoms with E-state index in [1.54, 1.807) is 11.1 Å². The number of hydrogen-bond acceptors (Lipinski definition) is 1. The molecule has 0 saturated heterocycles. The maximum Gasteiger partial charge on any atom is 0.0462 e. The largest absolute Gasteiger partial charge is 0.311 e. The molecule has 1 nitrogen and oxygen atoms in total. The van der Waals surface area contributed by atoms with E-state index in [-0.39, 0.29) is 5.41 Å². The van der Waals surface area contributed by atoms with Gasteiger partial charge in [0.1, 0.15) is 0 Å². The van der Waals surface area contributed by atoms with Crippen LogP contribution in [0.25, 0.3) is 33.4 Å². The Kier molecular flexibility index (Phi) is 6.13. The molecule has 47 heavy (non-hydrogen) atoms. The molecule has 0 unspecified atom stereocenters. The zero-order valence-corrected chi connectivity index (χ0v) is 26.7. The minimum atomic E-state index is 0.200. The van der Waals surface area contributed by atoms with Crippen LogP contribution in [0.5, 0.6) is 0 Å². The van der Waals surface area contributed by atoms with Gasteiger partial charge in [-0.05, 0) is 137 Å². The van der Waals surface area contributed by atoms with Gasteiger partial charge in [-0.1, -0.05) is 115 Å². The van der Waals surface area contributed by atoms with E-state index in [0.29, 0.717) is 0 Å². The third kappa shape index (κ3) is 4.08. The predicted molar refractivity (Wildman–Crippen MR) is 195 cm³/mol. The number of anilines is 3. The van der Waals surface area contributed by atoms with Gasteiger partial charge in [0.2, 0.25) is 0 Å². The van der Waals surface area contributed by atoms with E-state index >= 15 is 0 Å². The van der Waals surface area contributed by atoms with Crippen molar-refractivity contribution in [2.24, 2.45) is 23.7 Å². The van der Waals surface area contributed by atoms with E-state index in [1.807, 2.05) is 0 Å². The quantitative estimate of drug-likeness (QED) is 0.189. The SMILES string of the molecule is c1ccc(-c2ccc(N(c3ccccc3)c3ccc(-c4cccc5c4-c4ccccc4C54C5CC6CC(C5)CC4C6)cc3)cc2)cc1. The van der Waals surface area contributed by atoms with E-state index in [1.165, 1.54) is 65.5 Å². The normalized spacial score (nSPS) is 24.7. The standard InChI is InChI=1S/C46H39N/c1-3-10-33(11-4-1)34-18-22-39(23-19-34)47(38-12-5-2-6-13-38)40-24-20-35(21-25-40)41-15-9-17-44-45(41)42-14-7-8-16-43(42)46(44)36-27-31-26-32(29-36)30-37(46)28-31/h1-25,31-32,36-37H,26-30H2. The molecule has 228 valence electrons. The number of para-hydroxylation sites is 1. The van der Waals surface area contributed by atoms with Crippen molar-refractivity contribution in [3.05, 3.63) is 163 Å². The van der Waals surface area contributed by atoms with E-state index in [4.69, 9.17) is 0 Å². The second-order valence-electron chi connectivity index (χ2n) is 14.6. The summed E-state index contributed by atoms with van der Waals surface area (Å²) >= 11 is 0. The van der Waals surface area contributed by atoms with Crippen molar-refractivity contribution in [1.29, 1.82) is 0 Å². The van der Waals surface area contributed by atoms with Crippen molar-refractivity contribution in [3.63, 3.8) is 0 Å². The summed E-state index contributed by atoms with van der Waals surface area (Å²) in [6.45, 7) is 0. The Morgan fingerprint density at radius 3 is 1.53 bits per heavy atom. The topological polar surface area (TPSA) is 3.24 Å². The molecule has 0 aliphatic heterocycles.